The van der Waals surface area contributed by atoms with E-state index in [0.717, 1.165) is 21.3 Å². The van der Waals surface area contributed by atoms with Gasteiger partial charge in [-0.25, -0.2) is 0 Å². The normalized spacial score (nSPS) is 17.0. The molecule has 25 heavy (non-hydrogen) atoms. The molecule has 3 rings (SSSR count). The van der Waals surface area contributed by atoms with Crippen molar-refractivity contribution < 1.29 is 9.59 Å². The number of nitrogens with zero attached hydrogens (tertiary/aromatic N) is 1. The Morgan fingerprint density at radius 2 is 1.96 bits per heavy atom. The van der Waals surface area contributed by atoms with Gasteiger partial charge in [0.15, 0.2) is 0 Å². The van der Waals surface area contributed by atoms with Crippen molar-refractivity contribution in [3.8, 4) is 0 Å². The van der Waals surface area contributed by atoms with Crippen LogP contribution in [0.5, 0.6) is 0 Å². The summed E-state index contributed by atoms with van der Waals surface area (Å²) in [6.07, 6.45) is 0.212. The molecule has 0 unspecified atom stereocenters. The van der Waals surface area contributed by atoms with Gasteiger partial charge in [-0.05, 0) is 59.1 Å². The van der Waals surface area contributed by atoms with Crippen LogP contribution in [-0.2, 0) is 9.59 Å². The highest BCUT2D eigenvalue weighted by molar-refractivity contribution is 9.10. The van der Waals surface area contributed by atoms with Crippen molar-refractivity contribution in [2.75, 3.05) is 16.8 Å². The second-order valence-electron chi connectivity index (χ2n) is 6.22. The number of carbonyl (C=O) groups is 2. The lowest BCUT2D eigenvalue weighted by Crippen LogP contribution is -2.28. The molecule has 2 aromatic carbocycles. The number of nitrogens with one attached hydrogen (secondary N) is 1. The fraction of sp³-hybridized carbons (Fsp3) is 0.263. The number of hydrogen-bond donors (Lipinski definition) is 1. The SMILES string of the molecule is Cc1ccccc1N1C[C@H](C(=O)Nc2ccc(Br)c(Cl)c2C)CC1=O. The predicted molar refractivity (Wildman–Crippen MR) is 104 cm³/mol. The van der Waals surface area contributed by atoms with Gasteiger partial charge in [0.1, 0.15) is 0 Å². The lowest BCUT2D eigenvalue weighted by atomic mass is 10.1. The van der Waals surface area contributed by atoms with Crippen LogP contribution in [0.3, 0.4) is 0 Å². The number of para-hydroxylation sites is 1. The molecule has 0 bridgehead atoms. The zero-order valence-corrected chi connectivity index (χ0v) is 16.3. The maximum Gasteiger partial charge on any atom is 0.229 e. The molecule has 0 saturated carbocycles. The van der Waals surface area contributed by atoms with E-state index in [1.807, 2.05) is 38.1 Å². The third-order valence-electron chi connectivity index (χ3n) is 4.50. The first kappa shape index (κ1) is 18.0. The summed E-state index contributed by atoms with van der Waals surface area (Å²) < 4.78 is 0.784. The summed E-state index contributed by atoms with van der Waals surface area (Å²) in [6.45, 7) is 4.20. The summed E-state index contributed by atoms with van der Waals surface area (Å²) >= 11 is 9.57. The number of rotatable bonds is 3. The Balaban J connectivity index is 1.76. The van der Waals surface area contributed by atoms with Crippen LogP contribution in [0.25, 0.3) is 0 Å². The van der Waals surface area contributed by atoms with Gasteiger partial charge in [0.05, 0.1) is 10.9 Å². The number of benzene rings is 2. The molecule has 1 fully saturated rings. The van der Waals surface area contributed by atoms with E-state index in [2.05, 4.69) is 21.2 Å². The van der Waals surface area contributed by atoms with Crippen LogP contribution in [-0.4, -0.2) is 18.4 Å². The van der Waals surface area contributed by atoms with Gasteiger partial charge in [0, 0.05) is 28.8 Å². The van der Waals surface area contributed by atoms with Gasteiger partial charge in [0.2, 0.25) is 11.8 Å². The first-order chi connectivity index (χ1) is 11.9. The zero-order valence-electron chi connectivity index (χ0n) is 14.0. The van der Waals surface area contributed by atoms with Gasteiger partial charge >= 0.3 is 0 Å². The number of hydrogen-bond acceptors (Lipinski definition) is 2. The van der Waals surface area contributed by atoms with Crippen LogP contribution in [0.2, 0.25) is 5.02 Å². The molecule has 6 heteroatoms. The van der Waals surface area contributed by atoms with Gasteiger partial charge in [0.25, 0.3) is 0 Å². The zero-order chi connectivity index (χ0) is 18.1. The van der Waals surface area contributed by atoms with E-state index < -0.39 is 0 Å². The highest BCUT2D eigenvalue weighted by atomic mass is 79.9. The van der Waals surface area contributed by atoms with E-state index in [1.165, 1.54) is 0 Å². The van der Waals surface area contributed by atoms with Crippen molar-refractivity contribution in [3.05, 3.63) is 57.0 Å². The number of carbonyl (C=O) groups excluding carboxylic acids is 2. The Labute approximate surface area is 160 Å². The molecule has 1 N–H and O–H groups in total. The number of amides is 2. The highest BCUT2D eigenvalue weighted by Gasteiger charge is 2.35. The minimum Gasteiger partial charge on any atom is -0.325 e. The molecule has 0 spiro atoms. The van der Waals surface area contributed by atoms with Crippen molar-refractivity contribution in [1.82, 2.24) is 0 Å². The molecule has 1 aliphatic heterocycles. The average molecular weight is 422 g/mol. The van der Waals surface area contributed by atoms with E-state index in [4.69, 9.17) is 11.6 Å². The predicted octanol–water partition coefficient (Wildman–Crippen LogP) is 4.71. The third kappa shape index (κ3) is 3.58. The van der Waals surface area contributed by atoms with E-state index in [0.29, 0.717) is 17.3 Å². The first-order valence-corrected chi connectivity index (χ1v) is 9.17. The maximum absolute atomic E-state index is 12.6. The number of aryl methyl sites for hydroxylation is 1. The largest absolute Gasteiger partial charge is 0.325 e. The lowest BCUT2D eigenvalue weighted by Gasteiger charge is -2.19. The van der Waals surface area contributed by atoms with E-state index in [-0.39, 0.29) is 24.2 Å². The summed E-state index contributed by atoms with van der Waals surface area (Å²) in [5.74, 6) is -0.570. The molecule has 2 aromatic rings. The van der Waals surface area contributed by atoms with Gasteiger partial charge in [-0.3, -0.25) is 9.59 Å². The minimum absolute atomic E-state index is 0.0278. The fourth-order valence-corrected chi connectivity index (χ4v) is 3.60. The Kier molecular flexibility index (Phi) is 5.16. The molecule has 0 aliphatic carbocycles. The monoisotopic (exact) mass is 420 g/mol. The van der Waals surface area contributed by atoms with Crippen LogP contribution in [0, 0.1) is 19.8 Å². The average Bonchev–Trinajstić information content (AvgIpc) is 2.97. The highest BCUT2D eigenvalue weighted by Crippen LogP contribution is 2.32. The van der Waals surface area contributed by atoms with Crippen molar-refractivity contribution in [1.29, 1.82) is 0 Å². The molecule has 130 valence electrons. The molecular formula is C19H18BrClN2O2. The molecule has 1 atom stereocenters. The van der Waals surface area contributed by atoms with Crippen molar-refractivity contribution in [3.63, 3.8) is 0 Å². The lowest BCUT2D eigenvalue weighted by molar-refractivity contribution is -0.122. The summed E-state index contributed by atoms with van der Waals surface area (Å²) in [7, 11) is 0. The Morgan fingerprint density at radius 3 is 2.68 bits per heavy atom. The van der Waals surface area contributed by atoms with Crippen molar-refractivity contribution in [2.24, 2.45) is 5.92 Å². The third-order valence-corrected chi connectivity index (χ3v) is 5.88. The van der Waals surface area contributed by atoms with Gasteiger partial charge in [-0.15, -0.1) is 0 Å². The Hall–Kier alpha value is -1.85. The molecule has 4 nitrogen and oxygen atoms in total. The molecule has 0 aromatic heterocycles. The second kappa shape index (κ2) is 7.18. The standard InChI is InChI=1S/C19H18BrClN2O2/c1-11-5-3-4-6-16(11)23-10-13(9-17(23)24)19(25)22-15-8-7-14(20)18(21)12(15)2/h3-8,13H,9-10H2,1-2H3,(H,22,25)/t13-/m1/s1. The topological polar surface area (TPSA) is 49.4 Å². The van der Waals surface area contributed by atoms with Crippen LogP contribution >= 0.6 is 27.5 Å². The van der Waals surface area contributed by atoms with Gasteiger partial charge in [-0.1, -0.05) is 29.8 Å². The Bertz CT molecular complexity index is 853. The first-order valence-electron chi connectivity index (χ1n) is 8.00. The fourth-order valence-electron chi connectivity index (χ4n) is 3.00. The Morgan fingerprint density at radius 1 is 1.24 bits per heavy atom. The van der Waals surface area contributed by atoms with Crippen LogP contribution < -0.4 is 10.2 Å². The molecule has 1 heterocycles. The van der Waals surface area contributed by atoms with Crippen molar-refractivity contribution >= 4 is 50.7 Å². The molecular weight excluding hydrogens is 404 g/mol. The number of anilines is 2. The quantitative estimate of drug-likeness (QED) is 0.780. The van der Waals surface area contributed by atoms with Crippen LogP contribution in [0.15, 0.2) is 40.9 Å². The minimum atomic E-state index is -0.381. The summed E-state index contributed by atoms with van der Waals surface area (Å²) in [6, 6.07) is 11.3. The molecule has 1 saturated heterocycles. The van der Waals surface area contributed by atoms with Crippen LogP contribution in [0.4, 0.5) is 11.4 Å². The van der Waals surface area contributed by atoms with Crippen LogP contribution in [0.1, 0.15) is 17.5 Å². The van der Waals surface area contributed by atoms with Gasteiger partial charge in [-0.2, -0.15) is 0 Å². The second-order valence-corrected chi connectivity index (χ2v) is 7.45. The molecule has 0 radical (unpaired) electrons. The van der Waals surface area contributed by atoms with E-state index in [1.54, 1.807) is 17.0 Å². The summed E-state index contributed by atoms with van der Waals surface area (Å²) in [5.41, 5.74) is 3.35. The molecule has 2 amide bonds. The van der Waals surface area contributed by atoms with E-state index >= 15 is 0 Å². The van der Waals surface area contributed by atoms with E-state index in [9.17, 15) is 9.59 Å². The maximum atomic E-state index is 12.6. The van der Waals surface area contributed by atoms with Gasteiger partial charge < -0.3 is 10.2 Å². The molecule has 1 aliphatic rings. The summed E-state index contributed by atoms with van der Waals surface area (Å²) in [5, 5.41) is 3.48. The van der Waals surface area contributed by atoms with Crippen molar-refractivity contribution in [2.45, 2.75) is 20.3 Å². The summed E-state index contributed by atoms with van der Waals surface area (Å²) in [4.78, 5) is 26.7. The smallest absolute Gasteiger partial charge is 0.229 e. The number of halogens is 2.